The fourth-order valence-electron chi connectivity index (χ4n) is 1.62. The third-order valence-electron chi connectivity index (χ3n) is 2.67. The number of guanidine groups is 1. The number of hydrogen-bond donors (Lipinski definition) is 1. The Morgan fingerprint density at radius 2 is 2.32 bits per heavy atom. The molecule has 0 spiro atoms. The first-order valence-corrected chi connectivity index (χ1v) is 7.46. The van der Waals surface area contributed by atoms with E-state index in [0.29, 0.717) is 0 Å². The third-order valence-corrected chi connectivity index (χ3v) is 3.73. The minimum atomic E-state index is 0.0570. The minimum absolute atomic E-state index is 0.0570. The number of nitrogens with zero attached hydrogens (tertiary/aromatic N) is 3. The van der Waals surface area contributed by atoms with Gasteiger partial charge in [0.1, 0.15) is 11.1 Å². The van der Waals surface area contributed by atoms with Crippen LogP contribution in [0.5, 0.6) is 0 Å². The quantitative estimate of drug-likeness (QED) is 0.643. The van der Waals surface area contributed by atoms with E-state index < -0.39 is 0 Å². The first kappa shape index (κ1) is 15.9. The summed E-state index contributed by atoms with van der Waals surface area (Å²) >= 11 is 1.64. The highest BCUT2D eigenvalue weighted by molar-refractivity contribution is 7.09. The summed E-state index contributed by atoms with van der Waals surface area (Å²) in [5.74, 6) is 0.916. The van der Waals surface area contributed by atoms with E-state index in [2.05, 4.69) is 32.5 Å². The zero-order valence-corrected chi connectivity index (χ0v) is 13.3. The summed E-state index contributed by atoms with van der Waals surface area (Å²) in [7, 11) is 3.73. The Labute approximate surface area is 119 Å². The van der Waals surface area contributed by atoms with Crippen molar-refractivity contribution < 1.29 is 4.74 Å². The standard InChI is InChI=1S/C13H24N4OS/c1-6-14-13(15-7-2)17(4)8-11-9-19-12(16-11)10(3)18-5/h9-10H,6-8H2,1-5H3,(H,14,15)/t10-/m1/s1. The van der Waals surface area contributed by atoms with E-state index in [9.17, 15) is 0 Å². The molecular weight excluding hydrogens is 260 g/mol. The average molecular weight is 284 g/mol. The number of thiazole rings is 1. The lowest BCUT2D eigenvalue weighted by atomic mass is 10.4. The van der Waals surface area contributed by atoms with Crippen molar-refractivity contribution in [3.05, 3.63) is 16.1 Å². The molecule has 1 atom stereocenters. The van der Waals surface area contributed by atoms with Crippen LogP contribution >= 0.6 is 11.3 Å². The molecule has 0 aromatic carbocycles. The van der Waals surface area contributed by atoms with E-state index in [1.54, 1.807) is 18.4 Å². The summed E-state index contributed by atoms with van der Waals surface area (Å²) in [6.07, 6.45) is 0.0570. The molecule has 0 unspecified atom stereocenters. The van der Waals surface area contributed by atoms with E-state index in [1.807, 2.05) is 20.9 Å². The van der Waals surface area contributed by atoms with Crippen LogP contribution < -0.4 is 5.32 Å². The van der Waals surface area contributed by atoms with Gasteiger partial charge in [-0.25, -0.2) is 4.98 Å². The Hall–Kier alpha value is -1.14. The van der Waals surface area contributed by atoms with Crippen LogP contribution in [0.3, 0.4) is 0 Å². The van der Waals surface area contributed by atoms with Crippen LogP contribution in [-0.2, 0) is 11.3 Å². The number of rotatable bonds is 6. The van der Waals surface area contributed by atoms with E-state index in [1.165, 1.54) is 0 Å². The van der Waals surface area contributed by atoms with Crippen LogP contribution in [0.25, 0.3) is 0 Å². The second-order valence-corrected chi connectivity index (χ2v) is 5.13. The smallest absolute Gasteiger partial charge is 0.193 e. The lowest BCUT2D eigenvalue weighted by Gasteiger charge is -2.20. The molecular formula is C13H24N4OS. The molecule has 1 rings (SSSR count). The Balaban J connectivity index is 2.67. The van der Waals surface area contributed by atoms with Gasteiger partial charge in [0.05, 0.1) is 12.2 Å². The van der Waals surface area contributed by atoms with Crippen LogP contribution in [-0.4, -0.2) is 43.1 Å². The van der Waals surface area contributed by atoms with E-state index in [-0.39, 0.29) is 6.10 Å². The van der Waals surface area contributed by atoms with Gasteiger partial charge in [0.2, 0.25) is 0 Å². The Morgan fingerprint density at radius 3 is 2.89 bits per heavy atom. The largest absolute Gasteiger partial charge is 0.375 e. The maximum absolute atomic E-state index is 5.28. The van der Waals surface area contributed by atoms with E-state index in [0.717, 1.165) is 36.3 Å². The van der Waals surface area contributed by atoms with Crippen LogP contribution in [0.1, 0.15) is 37.6 Å². The predicted octanol–water partition coefficient (Wildman–Crippen LogP) is 2.27. The van der Waals surface area contributed by atoms with Crippen molar-refractivity contribution in [1.29, 1.82) is 0 Å². The molecule has 1 aromatic heterocycles. The van der Waals surface area contributed by atoms with E-state index in [4.69, 9.17) is 4.74 Å². The second-order valence-electron chi connectivity index (χ2n) is 4.24. The van der Waals surface area contributed by atoms with Gasteiger partial charge in [0.25, 0.3) is 0 Å². The Morgan fingerprint density at radius 1 is 1.58 bits per heavy atom. The normalized spacial score (nSPS) is 13.4. The topological polar surface area (TPSA) is 49.8 Å². The molecule has 0 saturated heterocycles. The zero-order chi connectivity index (χ0) is 14.3. The van der Waals surface area contributed by atoms with Crippen molar-refractivity contribution in [1.82, 2.24) is 15.2 Å². The molecule has 1 aromatic rings. The molecule has 0 saturated carbocycles. The molecule has 0 aliphatic heterocycles. The highest BCUT2D eigenvalue weighted by Gasteiger charge is 2.12. The Bertz CT molecular complexity index is 405. The summed E-state index contributed by atoms with van der Waals surface area (Å²) < 4.78 is 5.28. The molecule has 1 N–H and O–H groups in total. The SMILES string of the molecule is CCN=C(NCC)N(C)Cc1csc([C@@H](C)OC)n1. The zero-order valence-electron chi connectivity index (χ0n) is 12.4. The van der Waals surface area contributed by atoms with E-state index >= 15 is 0 Å². The fourth-order valence-corrected chi connectivity index (χ4v) is 2.46. The lowest BCUT2D eigenvalue weighted by Crippen LogP contribution is -2.38. The maximum atomic E-state index is 5.28. The van der Waals surface area contributed by atoms with Gasteiger partial charge in [-0.3, -0.25) is 4.99 Å². The predicted molar refractivity (Wildman–Crippen MR) is 80.7 cm³/mol. The van der Waals surface area contributed by atoms with Crippen molar-refractivity contribution in [3.8, 4) is 0 Å². The van der Waals surface area contributed by atoms with Gasteiger partial charge in [-0.2, -0.15) is 0 Å². The van der Waals surface area contributed by atoms with Gasteiger partial charge >= 0.3 is 0 Å². The van der Waals surface area contributed by atoms with Crippen LogP contribution in [0.4, 0.5) is 0 Å². The molecule has 0 bridgehead atoms. The maximum Gasteiger partial charge on any atom is 0.193 e. The molecule has 0 aliphatic carbocycles. The number of aliphatic imine (C=N–C) groups is 1. The van der Waals surface area contributed by atoms with Crippen molar-refractivity contribution >= 4 is 17.3 Å². The molecule has 5 nitrogen and oxygen atoms in total. The van der Waals surface area contributed by atoms with Crippen LogP contribution in [0, 0.1) is 0 Å². The summed E-state index contributed by atoms with van der Waals surface area (Å²) in [6, 6.07) is 0. The van der Waals surface area contributed by atoms with Gasteiger partial charge in [-0.05, 0) is 20.8 Å². The highest BCUT2D eigenvalue weighted by Crippen LogP contribution is 2.20. The Kier molecular flexibility index (Phi) is 6.80. The van der Waals surface area contributed by atoms with Gasteiger partial charge in [0, 0.05) is 32.6 Å². The molecule has 0 aliphatic rings. The van der Waals surface area contributed by atoms with Gasteiger partial charge < -0.3 is 15.0 Å². The molecule has 0 fully saturated rings. The monoisotopic (exact) mass is 284 g/mol. The lowest BCUT2D eigenvalue weighted by molar-refractivity contribution is 0.119. The molecule has 1 heterocycles. The first-order valence-electron chi connectivity index (χ1n) is 6.58. The number of nitrogens with one attached hydrogen (secondary N) is 1. The fraction of sp³-hybridized carbons (Fsp3) is 0.692. The summed E-state index contributed by atoms with van der Waals surface area (Å²) in [5, 5.41) is 6.37. The van der Waals surface area contributed by atoms with Crippen LogP contribution in [0.2, 0.25) is 0 Å². The van der Waals surface area contributed by atoms with Gasteiger partial charge in [-0.15, -0.1) is 11.3 Å². The summed E-state index contributed by atoms with van der Waals surface area (Å²) in [5.41, 5.74) is 1.05. The first-order chi connectivity index (χ1) is 9.12. The molecule has 108 valence electrons. The van der Waals surface area contributed by atoms with Crippen molar-refractivity contribution in [2.24, 2.45) is 4.99 Å². The van der Waals surface area contributed by atoms with Gasteiger partial charge in [-0.1, -0.05) is 0 Å². The third kappa shape index (κ3) is 4.80. The summed E-state index contributed by atoms with van der Waals surface area (Å²) in [4.78, 5) is 11.1. The number of ether oxygens (including phenoxy) is 1. The highest BCUT2D eigenvalue weighted by atomic mass is 32.1. The summed E-state index contributed by atoms with van der Waals surface area (Å²) in [6.45, 7) is 8.50. The number of methoxy groups -OCH3 is 1. The molecule has 19 heavy (non-hydrogen) atoms. The molecule has 6 heteroatoms. The van der Waals surface area contributed by atoms with Crippen molar-refractivity contribution in [2.45, 2.75) is 33.4 Å². The van der Waals surface area contributed by atoms with Crippen LogP contribution in [0.15, 0.2) is 10.4 Å². The average Bonchev–Trinajstić information content (AvgIpc) is 2.86. The minimum Gasteiger partial charge on any atom is -0.375 e. The van der Waals surface area contributed by atoms with Gasteiger partial charge in [0.15, 0.2) is 5.96 Å². The van der Waals surface area contributed by atoms with Crippen molar-refractivity contribution in [2.75, 3.05) is 27.2 Å². The van der Waals surface area contributed by atoms with Crippen molar-refractivity contribution in [3.63, 3.8) is 0 Å². The molecule has 0 amide bonds. The molecule has 0 radical (unpaired) electrons. The second kappa shape index (κ2) is 8.12. The number of hydrogen-bond acceptors (Lipinski definition) is 4. The number of aromatic nitrogens is 1.